The highest BCUT2D eigenvalue weighted by Crippen LogP contribution is 2.14. The molecule has 0 heterocycles. The standard InChI is InChI=1S/C59H94O6/c1-4-7-10-13-16-19-22-24-26-28-30-32-33-35-37-40-43-46-49-52-58(61)64-55-56(54-63-57(60)51-48-45-42-39-21-18-15-12-9-6-3)65-59(62)53-50-47-44-41-38-36-34-31-29-27-25-23-20-17-14-11-8-5-2/h7,10,13,16,19,22-35,37,56H,4-6,8-9,11-12,14-15,17-18,20-21,36,38-55H2,1-3H3/b10-7-,16-13-,22-19-,25-23-,26-24-,29-27-,30-28+,33-32-,34-31-,37-35-. The molecule has 0 aliphatic heterocycles. The monoisotopic (exact) mass is 899 g/mol. The molecule has 6 nitrogen and oxygen atoms in total. The van der Waals surface area contributed by atoms with Crippen LogP contribution in [0.2, 0.25) is 0 Å². The highest BCUT2D eigenvalue weighted by molar-refractivity contribution is 5.71. The van der Waals surface area contributed by atoms with E-state index in [1.54, 1.807) is 0 Å². The molecule has 0 aromatic heterocycles. The van der Waals surface area contributed by atoms with Crippen molar-refractivity contribution in [3.8, 4) is 0 Å². The Morgan fingerprint density at radius 1 is 0.323 bits per heavy atom. The van der Waals surface area contributed by atoms with Crippen LogP contribution in [0.5, 0.6) is 0 Å². The summed E-state index contributed by atoms with van der Waals surface area (Å²) in [5, 5.41) is 0. The van der Waals surface area contributed by atoms with Gasteiger partial charge in [0.25, 0.3) is 0 Å². The van der Waals surface area contributed by atoms with Gasteiger partial charge in [-0.2, -0.15) is 0 Å². The van der Waals surface area contributed by atoms with Crippen LogP contribution in [-0.2, 0) is 28.6 Å². The summed E-state index contributed by atoms with van der Waals surface area (Å²) < 4.78 is 16.7. The molecule has 0 aromatic rings. The molecule has 0 N–H and O–H groups in total. The molecule has 65 heavy (non-hydrogen) atoms. The second-order valence-electron chi connectivity index (χ2n) is 16.9. The lowest BCUT2D eigenvalue weighted by Gasteiger charge is -2.18. The Balaban J connectivity index is 4.52. The Morgan fingerprint density at radius 2 is 0.600 bits per heavy atom. The molecule has 366 valence electrons. The smallest absolute Gasteiger partial charge is 0.306 e. The second kappa shape index (κ2) is 52.4. The van der Waals surface area contributed by atoms with E-state index in [1.165, 1.54) is 77.0 Å². The zero-order valence-electron chi connectivity index (χ0n) is 41.7. The molecule has 0 saturated carbocycles. The minimum atomic E-state index is -0.809. The SMILES string of the molecule is CC\C=C/C=C\C=C/C=C\C=C\C=C/C=C\CCCCCC(=O)OCC(COC(=O)CCCCCCCCCCCC)OC(=O)CCCCCCC\C=C/C=C\C=C/CCCCCCC. The number of rotatable bonds is 45. The summed E-state index contributed by atoms with van der Waals surface area (Å²) >= 11 is 0. The van der Waals surface area contributed by atoms with Gasteiger partial charge in [0, 0.05) is 19.3 Å². The average Bonchev–Trinajstić information content (AvgIpc) is 3.30. The molecule has 0 saturated heterocycles. The first-order valence-electron chi connectivity index (χ1n) is 26.2. The lowest BCUT2D eigenvalue weighted by atomic mass is 10.1. The first-order chi connectivity index (χ1) is 32.0. The number of esters is 3. The minimum Gasteiger partial charge on any atom is -0.462 e. The third-order valence-electron chi connectivity index (χ3n) is 10.7. The van der Waals surface area contributed by atoms with Crippen LogP contribution in [0.1, 0.15) is 213 Å². The molecular weight excluding hydrogens is 805 g/mol. The highest BCUT2D eigenvalue weighted by atomic mass is 16.6. The Hall–Kier alpha value is -4.19. The molecule has 0 fully saturated rings. The Kier molecular flexibility index (Phi) is 49.1. The van der Waals surface area contributed by atoms with Gasteiger partial charge in [0.05, 0.1) is 0 Å². The van der Waals surface area contributed by atoms with Crippen LogP contribution >= 0.6 is 0 Å². The minimum absolute atomic E-state index is 0.104. The zero-order chi connectivity index (χ0) is 47.2. The van der Waals surface area contributed by atoms with Gasteiger partial charge in [0.1, 0.15) is 13.2 Å². The van der Waals surface area contributed by atoms with Crippen molar-refractivity contribution in [2.75, 3.05) is 13.2 Å². The maximum Gasteiger partial charge on any atom is 0.306 e. The maximum absolute atomic E-state index is 12.8. The van der Waals surface area contributed by atoms with E-state index < -0.39 is 6.10 Å². The van der Waals surface area contributed by atoms with Crippen LogP contribution in [0.4, 0.5) is 0 Å². The number of carbonyl (C=O) groups is 3. The van der Waals surface area contributed by atoms with E-state index in [4.69, 9.17) is 14.2 Å². The van der Waals surface area contributed by atoms with Gasteiger partial charge in [-0.05, 0) is 64.2 Å². The van der Waals surface area contributed by atoms with Crippen molar-refractivity contribution in [3.63, 3.8) is 0 Å². The van der Waals surface area contributed by atoms with Crippen LogP contribution in [0.15, 0.2) is 122 Å². The number of ether oxygens (including phenoxy) is 3. The number of unbranched alkanes of at least 4 members (excludes halogenated alkanes) is 22. The Labute approximate surface area is 399 Å². The summed E-state index contributed by atoms with van der Waals surface area (Å²) in [7, 11) is 0. The molecular formula is C59H94O6. The fourth-order valence-corrected chi connectivity index (χ4v) is 6.78. The fraction of sp³-hybridized carbons (Fsp3) is 0.610. The maximum atomic E-state index is 12.8. The molecule has 1 unspecified atom stereocenters. The van der Waals surface area contributed by atoms with Gasteiger partial charge in [0.2, 0.25) is 0 Å². The van der Waals surface area contributed by atoms with E-state index in [-0.39, 0.29) is 31.1 Å². The highest BCUT2D eigenvalue weighted by Gasteiger charge is 2.19. The summed E-state index contributed by atoms with van der Waals surface area (Å²) in [6.07, 6.45) is 71.7. The zero-order valence-corrected chi connectivity index (χ0v) is 41.7. The molecule has 0 aliphatic carbocycles. The van der Waals surface area contributed by atoms with E-state index in [9.17, 15) is 14.4 Å². The van der Waals surface area contributed by atoms with Crippen LogP contribution in [0, 0.1) is 0 Å². The molecule has 0 spiro atoms. The topological polar surface area (TPSA) is 78.9 Å². The largest absolute Gasteiger partial charge is 0.462 e. The van der Waals surface area contributed by atoms with Crippen molar-refractivity contribution < 1.29 is 28.6 Å². The van der Waals surface area contributed by atoms with Crippen molar-refractivity contribution >= 4 is 17.9 Å². The molecule has 6 heteroatoms. The lowest BCUT2D eigenvalue weighted by Crippen LogP contribution is -2.30. The molecule has 0 aliphatic rings. The number of hydrogen-bond acceptors (Lipinski definition) is 6. The summed E-state index contributed by atoms with van der Waals surface area (Å²) in [6.45, 7) is 6.39. The third kappa shape index (κ3) is 50.7. The van der Waals surface area contributed by atoms with E-state index in [0.29, 0.717) is 19.3 Å². The first kappa shape index (κ1) is 60.8. The van der Waals surface area contributed by atoms with Crippen molar-refractivity contribution in [1.29, 1.82) is 0 Å². The average molecular weight is 899 g/mol. The van der Waals surface area contributed by atoms with Crippen LogP contribution < -0.4 is 0 Å². The molecule has 0 radical (unpaired) electrons. The molecule has 0 aromatic carbocycles. The van der Waals surface area contributed by atoms with Crippen LogP contribution in [-0.4, -0.2) is 37.2 Å². The first-order valence-corrected chi connectivity index (χ1v) is 26.2. The number of hydrogen-bond donors (Lipinski definition) is 0. The normalized spacial score (nSPS) is 13.1. The van der Waals surface area contributed by atoms with E-state index in [1.807, 2.05) is 72.9 Å². The molecule has 0 amide bonds. The number of carbonyl (C=O) groups excluding carboxylic acids is 3. The molecule has 1 atom stereocenters. The van der Waals surface area contributed by atoms with Crippen LogP contribution in [0.3, 0.4) is 0 Å². The van der Waals surface area contributed by atoms with Gasteiger partial charge in [-0.25, -0.2) is 0 Å². The van der Waals surface area contributed by atoms with Gasteiger partial charge in [-0.3, -0.25) is 14.4 Å². The van der Waals surface area contributed by atoms with E-state index in [2.05, 4.69) is 69.4 Å². The van der Waals surface area contributed by atoms with Crippen molar-refractivity contribution in [3.05, 3.63) is 122 Å². The van der Waals surface area contributed by atoms with Gasteiger partial charge in [-0.1, -0.05) is 251 Å². The summed E-state index contributed by atoms with van der Waals surface area (Å²) in [5.74, 6) is -0.978. The van der Waals surface area contributed by atoms with Gasteiger partial charge >= 0.3 is 17.9 Å². The van der Waals surface area contributed by atoms with Gasteiger partial charge < -0.3 is 14.2 Å². The van der Waals surface area contributed by atoms with Crippen molar-refractivity contribution in [1.82, 2.24) is 0 Å². The Bertz CT molecular complexity index is 1400. The molecule has 0 rings (SSSR count). The van der Waals surface area contributed by atoms with E-state index in [0.717, 1.165) is 96.3 Å². The van der Waals surface area contributed by atoms with Crippen molar-refractivity contribution in [2.24, 2.45) is 0 Å². The van der Waals surface area contributed by atoms with E-state index >= 15 is 0 Å². The second-order valence-corrected chi connectivity index (χ2v) is 16.9. The van der Waals surface area contributed by atoms with Gasteiger partial charge in [0.15, 0.2) is 6.10 Å². The summed E-state index contributed by atoms with van der Waals surface area (Å²) in [5.41, 5.74) is 0. The van der Waals surface area contributed by atoms with Crippen LogP contribution in [0.25, 0.3) is 0 Å². The predicted molar refractivity (Wildman–Crippen MR) is 279 cm³/mol. The quantitative estimate of drug-likeness (QED) is 0.0262. The fourth-order valence-electron chi connectivity index (χ4n) is 6.78. The third-order valence-corrected chi connectivity index (χ3v) is 10.7. The Morgan fingerprint density at radius 3 is 0.954 bits per heavy atom. The van der Waals surface area contributed by atoms with Crippen molar-refractivity contribution in [2.45, 2.75) is 219 Å². The lowest BCUT2D eigenvalue weighted by molar-refractivity contribution is -0.167. The van der Waals surface area contributed by atoms with Gasteiger partial charge in [-0.15, -0.1) is 0 Å². The molecule has 0 bridgehead atoms. The summed E-state index contributed by atoms with van der Waals surface area (Å²) in [4.78, 5) is 38.0. The number of allylic oxidation sites excluding steroid dienone is 20. The summed E-state index contributed by atoms with van der Waals surface area (Å²) in [6, 6.07) is 0. The predicted octanol–water partition coefficient (Wildman–Crippen LogP) is 17.3.